The predicted molar refractivity (Wildman–Crippen MR) is 104 cm³/mol. The zero-order valence-corrected chi connectivity index (χ0v) is 15.0. The van der Waals surface area contributed by atoms with Crippen molar-refractivity contribution in [2.75, 3.05) is 11.9 Å². The number of amides is 3. The fourth-order valence-corrected chi connectivity index (χ4v) is 2.59. The van der Waals surface area contributed by atoms with Gasteiger partial charge < -0.3 is 16.4 Å². The maximum absolute atomic E-state index is 12.2. The molecule has 3 rings (SSSR count). The molecular formula is C20H19N5O3. The van der Waals surface area contributed by atoms with E-state index in [0.717, 1.165) is 11.1 Å². The summed E-state index contributed by atoms with van der Waals surface area (Å²) in [4.78, 5) is 35.0. The Bertz CT molecular complexity index is 981. The van der Waals surface area contributed by atoms with Gasteiger partial charge in [-0.2, -0.15) is 5.10 Å². The number of carbonyl (C=O) groups excluding carboxylic acids is 3. The molecular weight excluding hydrogens is 358 g/mol. The molecule has 0 aliphatic heterocycles. The molecule has 1 aromatic heterocycles. The Balaban J connectivity index is 1.51. The average Bonchev–Trinajstić information content (AvgIpc) is 3.13. The van der Waals surface area contributed by atoms with Gasteiger partial charge in [-0.15, -0.1) is 0 Å². The number of primary amides is 1. The molecule has 1 heterocycles. The number of nitrogens with two attached hydrogens (primary N) is 1. The number of nitrogens with zero attached hydrogens (tertiary/aromatic N) is 2. The molecule has 0 saturated heterocycles. The molecule has 4 N–H and O–H groups in total. The molecule has 0 radical (unpaired) electrons. The lowest BCUT2D eigenvalue weighted by molar-refractivity contribution is -0.118. The molecule has 0 saturated carbocycles. The van der Waals surface area contributed by atoms with E-state index in [1.165, 1.54) is 17.1 Å². The molecule has 28 heavy (non-hydrogen) atoms. The second-order valence-corrected chi connectivity index (χ2v) is 6.07. The summed E-state index contributed by atoms with van der Waals surface area (Å²) in [6, 6.07) is 17.0. The summed E-state index contributed by atoms with van der Waals surface area (Å²) < 4.78 is 1.31. The normalized spacial score (nSPS) is 10.3. The van der Waals surface area contributed by atoms with E-state index in [0.29, 0.717) is 11.3 Å². The van der Waals surface area contributed by atoms with Crippen LogP contribution >= 0.6 is 0 Å². The summed E-state index contributed by atoms with van der Waals surface area (Å²) in [5, 5.41) is 9.05. The van der Waals surface area contributed by atoms with E-state index in [1.54, 1.807) is 12.1 Å². The summed E-state index contributed by atoms with van der Waals surface area (Å²) in [6.07, 6.45) is 2.87. The van der Waals surface area contributed by atoms with Crippen LogP contribution in [0.4, 0.5) is 5.69 Å². The van der Waals surface area contributed by atoms with Gasteiger partial charge in [0.15, 0.2) is 0 Å². The van der Waals surface area contributed by atoms with E-state index in [1.807, 2.05) is 42.5 Å². The topological polar surface area (TPSA) is 119 Å². The Labute approximate surface area is 161 Å². The quantitative estimate of drug-likeness (QED) is 0.576. The third kappa shape index (κ3) is 5.04. The molecule has 0 fully saturated rings. The zero-order valence-electron chi connectivity index (χ0n) is 15.0. The lowest BCUT2D eigenvalue weighted by Gasteiger charge is -2.07. The number of nitrogens with one attached hydrogen (secondary N) is 2. The van der Waals surface area contributed by atoms with E-state index in [4.69, 9.17) is 5.73 Å². The molecule has 142 valence electrons. The standard InChI is InChI=1S/C20H19N5O3/c21-18(26)13-25-12-17(10-23-25)24-19(27)11-22-20(28)16-8-6-15(7-9-16)14-4-2-1-3-5-14/h1-10,12H,11,13H2,(H2,21,26)(H,22,28)(H,24,27). The molecule has 0 bridgehead atoms. The maximum Gasteiger partial charge on any atom is 0.251 e. The summed E-state index contributed by atoms with van der Waals surface area (Å²) in [5.41, 5.74) is 8.01. The van der Waals surface area contributed by atoms with Gasteiger partial charge in [0.05, 0.1) is 18.4 Å². The van der Waals surface area contributed by atoms with Gasteiger partial charge in [-0.3, -0.25) is 19.1 Å². The fraction of sp³-hybridized carbons (Fsp3) is 0.100. The van der Waals surface area contributed by atoms with Gasteiger partial charge in [0.25, 0.3) is 5.91 Å². The SMILES string of the molecule is NC(=O)Cn1cc(NC(=O)CNC(=O)c2ccc(-c3ccccc3)cc2)cn1. The third-order valence-corrected chi connectivity index (χ3v) is 3.90. The minimum atomic E-state index is -0.536. The van der Waals surface area contributed by atoms with E-state index < -0.39 is 11.8 Å². The van der Waals surface area contributed by atoms with Gasteiger partial charge in [0, 0.05) is 11.8 Å². The highest BCUT2D eigenvalue weighted by Crippen LogP contribution is 2.19. The van der Waals surface area contributed by atoms with Crippen LogP contribution in [-0.2, 0) is 16.1 Å². The molecule has 2 aromatic carbocycles. The van der Waals surface area contributed by atoms with Crippen molar-refractivity contribution in [3.8, 4) is 11.1 Å². The summed E-state index contributed by atoms with van der Waals surface area (Å²) in [7, 11) is 0. The number of hydrogen-bond donors (Lipinski definition) is 3. The number of hydrogen-bond acceptors (Lipinski definition) is 4. The van der Waals surface area contributed by atoms with Crippen LogP contribution in [0.3, 0.4) is 0 Å². The lowest BCUT2D eigenvalue weighted by Crippen LogP contribution is -2.32. The Hall–Kier alpha value is -3.94. The Morgan fingerprint density at radius 3 is 2.32 bits per heavy atom. The van der Waals surface area contributed by atoms with Gasteiger partial charge in [-0.05, 0) is 23.3 Å². The van der Waals surface area contributed by atoms with Crippen LogP contribution in [0.15, 0.2) is 67.0 Å². The van der Waals surface area contributed by atoms with Crippen LogP contribution in [0.25, 0.3) is 11.1 Å². The van der Waals surface area contributed by atoms with Gasteiger partial charge in [-0.1, -0.05) is 42.5 Å². The number of aromatic nitrogens is 2. The molecule has 0 aliphatic rings. The van der Waals surface area contributed by atoms with Crippen molar-refractivity contribution in [2.45, 2.75) is 6.54 Å². The number of anilines is 1. The second kappa shape index (κ2) is 8.63. The van der Waals surface area contributed by atoms with E-state index in [-0.39, 0.29) is 19.0 Å². The van der Waals surface area contributed by atoms with Crippen LogP contribution in [-0.4, -0.2) is 34.0 Å². The molecule has 8 nitrogen and oxygen atoms in total. The van der Waals surface area contributed by atoms with E-state index in [2.05, 4.69) is 15.7 Å². The van der Waals surface area contributed by atoms with Crippen molar-refractivity contribution in [1.82, 2.24) is 15.1 Å². The van der Waals surface area contributed by atoms with Crippen molar-refractivity contribution < 1.29 is 14.4 Å². The average molecular weight is 377 g/mol. The van der Waals surface area contributed by atoms with Gasteiger partial charge in [0.1, 0.15) is 6.54 Å². The van der Waals surface area contributed by atoms with Crippen LogP contribution in [0.2, 0.25) is 0 Å². The van der Waals surface area contributed by atoms with Crippen molar-refractivity contribution in [3.05, 3.63) is 72.6 Å². The monoisotopic (exact) mass is 377 g/mol. The first kappa shape index (κ1) is 18.8. The van der Waals surface area contributed by atoms with Gasteiger partial charge >= 0.3 is 0 Å². The van der Waals surface area contributed by atoms with Gasteiger partial charge in [-0.25, -0.2) is 0 Å². The minimum Gasteiger partial charge on any atom is -0.368 e. The highest BCUT2D eigenvalue weighted by atomic mass is 16.2. The van der Waals surface area contributed by atoms with Crippen LogP contribution in [0.1, 0.15) is 10.4 Å². The maximum atomic E-state index is 12.2. The lowest BCUT2D eigenvalue weighted by atomic mass is 10.0. The van der Waals surface area contributed by atoms with Crippen molar-refractivity contribution in [2.24, 2.45) is 5.73 Å². The molecule has 3 amide bonds. The van der Waals surface area contributed by atoms with Crippen molar-refractivity contribution >= 4 is 23.4 Å². The predicted octanol–water partition coefficient (Wildman–Crippen LogP) is 1.40. The number of rotatable bonds is 7. The molecule has 0 unspecified atom stereocenters. The fourth-order valence-electron chi connectivity index (χ4n) is 2.59. The van der Waals surface area contributed by atoms with E-state index in [9.17, 15) is 14.4 Å². The smallest absolute Gasteiger partial charge is 0.251 e. The molecule has 0 spiro atoms. The molecule has 0 aliphatic carbocycles. The van der Waals surface area contributed by atoms with Crippen LogP contribution in [0.5, 0.6) is 0 Å². The van der Waals surface area contributed by atoms with Crippen molar-refractivity contribution in [3.63, 3.8) is 0 Å². The highest BCUT2D eigenvalue weighted by Gasteiger charge is 2.10. The summed E-state index contributed by atoms with van der Waals surface area (Å²) in [6.45, 7) is -0.272. The number of carbonyl (C=O) groups is 3. The summed E-state index contributed by atoms with van der Waals surface area (Å²) >= 11 is 0. The first-order valence-corrected chi connectivity index (χ1v) is 8.55. The third-order valence-electron chi connectivity index (χ3n) is 3.90. The number of benzene rings is 2. The van der Waals surface area contributed by atoms with Crippen LogP contribution < -0.4 is 16.4 Å². The molecule has 8 heteroatoms. The Morgan fingerprint density at radius 2 is 1.64 bits per heavy atom. The highest BCUT2D eigenvalue weighted by molar-refractivity contribution is 5.99. The molecule has 0 atom stereocenters. The Kier molecular flexibility index (Phi) is 5.81. The first-order chi connectivity index (χ1) is 13.5. The van der Waals surface area contributed by atoms with Crippen LogP contribution in [0, 0.1) is 0 Å². The minimum absolute atomic E-state index is 0.0778. The Morgan fingerprint density at radius 1 is 0.964 bits per heavy atom. The van der Waals surface area contributed by atoms with Gasteiger partial charge in [0.2, 0.25) is 11.8 Å². The second-order valence-electron chi connectivity index (χ2n) is 6.07. The van der Waals surface area contributed by atoms with Crippen molar-refractivity contribution in [1.29, 1.82) is 0 Å². The van der Waals surface area contributed by atoms with E-state index >= 15 is 0 Å². The largest absolute Gasteiger partial charge is 0.368 e. The first-order valence-electron chi connectivity index (χ1n) is 8.55. The zero-order chi connectivity index (χ0) is 19.9. The summed E-state index contributed by atoms with van der Waals surface area (Å²) in [5.74, 6) is -1.29. The molecule has 3 aromatic rings.